The highest BCUT2D eigenvalue weighted by atomic mass is 32.1. The molecule has 0 aromatic carbocycles. The van der Waals surface area contributed by atoms with Gasteiger partial charge < -0.3 is 10.0 Å². The van der Waals surface area contributed by atoms with E-state index in [1.165, 1.54) is 11.3 Å². The van der Waals surface area contributed by atoms with Crippen molar-refractivity contribution in [2.24, 2.45) is 5.92 Å². The molecular formula is C20H23N5O2S. The second kappa shape index (κ2) is 8.72. The lowest BCUT2D eigenvalue weighted by atomic mass is 9.96. The maximum atomic E-state index is 12.5. The standard InChI is InChI=1S/C20H23N5O2S/c26-19(18-12-28-14-23-18)11-24-7-3-15(4-8-24)10-25-13-22-17(9-20(25)27)16-1-5-21-6-2-16/h1-2,5-6,9,12-15,19,26H,3-4,7-8,10-11H2. The van der Waals surface area contributed by atoms with Crippen molar-refractivity contribution in [1.82, 2.24) is 24.4 Å². The van der Waals surface area contributed by atoms with Crippen molar-refractivity contribution in [3.05, 3.63) is 63.9 Å². The van der Waals surface area contributed by atoms with Gasteiger partial charge in [0.25, 0.3) is 5.56 Å². The summed E-state index contributed by atoms with van der Waals surface area (Å²) in [5.74, 6) is 0.443. The van der Waals surface area contributed by atoms with E-state index in [1.54, 1.807) is 34.9 Å². The van der Waals surface area contributed by atoms with Crippen LogP contribution in [0, 0.1) is 5.92 Å². The molecule has 4 heterocycles. The minimum Gasteiger partial charge on any atom is -0.385 e. The Morgan fingerprint density at radius 2 is 2.00 bits per heavy atom. The van der Waals surface area contributed by atoms with Gasteiger partial charge >= 0.3 is 0 Å². The first-order valence-electron chi connectivity index (χ1n) is 9.44. The van der Waals surface area contributed by atoms with Gasteiger partial charge in [-0.05, 0) is 44.0 Å². The van der Waals surface area contributed by atoms with E-state index in [0.29, 0.717) is 24.7 Å². The number of aromatic nitrogens is 4. The van der Waals surface area contributed by atoms with Crippen LogP contribution in [0.1, 0.15) is 24.6 Å². The second-order valence-corrected chi connectivity index (χ2v) is 7.89. The van der Waals surface area contributed by atoms with Crippen LogP contribution in [0.4, 0.5) is 0 Å². The monoisotopic (exact) mass is 397 g/mol. The number of hydrogen-bond donors (Lipinski definition) is 1. The van der Waals surface area contributed by atoms with Gasteiger partial charge in [0.2, 0.25) is 0 Å². The van der Waals surface area contributed by atoms with Crippen molar-refractivity contribution in [2.45, 2.75) is 25.5 Å². The SMILES string of the molecule is O=c1cc(-c2ccncc2)ncn1CC1CCN(CC(O)c2cscn2)CC1. The van der Waals surface area contributed by atoms with E-state index in [0.717, 1.165) is 37.2 Å². The fourth-order valence-electron chi connectivity index (χ4n) is 3.60. The molecule has 0 amide bonds. The number of nitrogens with zero attached hydrogens (tertiary/aromatic N) is 5. The minimum absolute atomic E-state index is 0.0248. The van der Waals surface area contributed by atoms with E-state index in [9.17, 15) is 9.90 Å². The number of rotatable bonds is 6. The summed E-state index contributed by atoms with van der Waals surface area (Å²) in [7, 11) is 0. The average Bonchev–Trinajstić information content (AvgIpc) is 3.27. The number of piperidine rings is 1. The van der Waals surface area contributed by atoms with Crippen LogP contribution in [0.2, 0.25) is 0 Å². The number of β-amino-alcohol motifs (C(OH)–C–C–N with tert-alkyl or cyclic N) is 1. The van der Waals surface area contributed by atoms with Gasteiger partial charge in [-0.25, -0.2) is 9.97 Å². The van der Waals surface area contributed by atoms with Crippen LogP contribution in [0.25, 0.3) is 11.3 Å². The quantitative estimate of drug-likeness (QED) is 0.687. The Bertz CT molecular complexity index is 937. The zero-order valence-corrected chi connectivity index (χ0v) is 16.3. The number of hydrogen-bond acceptors (Lipinski definition) is 7. The summed E-state index contributed by atoms with van der Waals surface area (Å²) in [4.78, 5) is 27.4. The molecule has 28 heavy (non-hydrogen) atoms. The van der Waals surface area contributed by atoms with Crippen molar-refractivity contribution >= 4 is 11.3 Å². The molecule has 0 aliphatic carbocycles. The van der Waals surface area contributed by atoms with Crippen LogP contribution in [-0.2, 0) is 6.54 Å². The predicted octanol–water partition coefficient (Wildman–Crippen LogP) is 2.21. The molecule has 0 bridgehead atoms. The molecule has 1 N–H and O–H groups in total. The van der Waals surface area contributed by atoms with E-state index in [-0.39, 0.29) is 5.56 Å². The zero-order valence-electron chi connectivity index (χ0n) is 15.5. The summed E-state index contributed by atoms with van der Waals surface area (Å²) in [5.41, 5.74) is 4.04. The highest BCUT2D eigenvalue weighted by molar-refractivity contribution is 7.07. The van der Waals surface area contributed by atoms with Gasteiger partial charge in [-0.15, -0.1) is 11.3 Å². The van der Waals surface area contributed by atoms with E-state index in [2.05, 4.69) is 19.9 Å². The molecule has 1 unspecified atom stereocenters. The molecule has 146 valence electrons. The molecule has 8 heteroatoms. The van der Waals surface area contributed by atoms with Crippen molar-refractivity contribution < 1.29 is 5.11 Å². The largest absolute Gasteiger partial charge is 0.385 e. The number of aliphatic hydroxyl groups is 1. The number of likely N-dealkylation sites (tertiary alicyclic amines) is 1. The van der Waals surface area contributed by atoms with Gasteiger partial charge in [0.05, 0.1) is 23.2 Å². The number of pyridine rings is 1. The lowest BCUT2D eigenvalue weighted by molar-refractivity contribution is 0.0843. The Morgan fingerprint density at radius 3 is 2.68 bits per heavy atom. The van der Waals surface area contributed by atoms with E-state index in [4.69, 9.17) is 0 Å². The Hall–Kier alpha value is -2.42. The number of thiazole rings is 1. The smallest absolute Gasteiger partial charge is 0.253 e. The first-order chi connectivity index (χ1) is 13.7. The molecule has 4 rings (SSSR count). The summed E-state index contributed by atoms with van der Waals surface area (Å²) in [6, 6.07) is 5.29. The first kappa shape index (κ1) is 18.9. The maximum Gasteiger partial charge on any atom is 0.253 e. The van der Waals surface area contributed by atoms with Gasteiger partial charge in [-0.1, -0.05) is 0 Å². The Morgan fingerprint density at radius 1 is 1.21 bits per heavy atom. The molecule has 1 saturated heterocycles. The first-order valence-corrected chi connectivity index (χ1v) is 10.4. The topological polar surface area (TPSA) is 84.1 Å². The van der Waals surface area contributed by atoms with Gasteiger partial charge in [0.15, 0.2) is 0 Å². The van der Waals surface area contributed by atoms with E-state index in [1.807, 2.05) is 17.5 Å². The summed E-state index contributed by atoms with van der Waals surface area (Å²) in [5, 5.41) is 12.2. The second-order valence-electron chi connectivity index (χ2n) is 7.17. The molecule has 0 saturated carbocycles. The zero-order chi connectivity index (χ0) is 19.3. The normalized spacial score (nSPS) is 16.9. The molecule has 0 radical (unpaired) electrons. The van der Waals surface area contributed by atoms with Crippen LogP contribution >= 0.6 is 11.3 Å². The van der Waals surface area contributed by atoms with Crippen LogP contribution in [0.5, 0.6) is 0 Å². The predicted molar refractivity (Wildman–Crippen MR) is 108 cm³/mol. The summed E-state index contributed by atoms with van der Waals surface area (Å²) in [6.07, 6.45) is 6.51. The third-order valence-corrected chi connectivity index (χ3v) is 5.85. The lowest BCUT2D eigenvalue weighted by Crippen LogP contribution is -2.38. The summed E-state index contributed by atoms with van der Waals surface area (Å²) >= 11 is 1.50. The van der Waals surface area contributed by atoms with Crippen molar-refractivity contribution in [1.29, 1.82) is 0 Å². The molecule has 0 spiro atoms. The van der Waals surface area contributed by atoms with Crippen molar-refractivity contribution in [3.8, 4) is 11.3 Å². The molecule has 7 nitrogen and oxygen atoms in total. The number of aliphatic hydroxyl groups excluding tert-OH is 1. The van der Waals surface area contributed by atoms with E-state index < -0.39 is 6.10 Å². The van der Waals surface area contributed by atoms with Gasteiger partial charge in [0.1, 0.15) is 6.10 Å². The molecule has 1 fully saturated rings. The summed E-state index contributed by atoms with van der Waals surface area (Å²) in [6.45, 7) is 3.13. The maximum absolute atomic E-state index is 12.5. The molecule has 1 aliphatic heterocycles. The minimum atomic E-state index is -0.532. The third-order valence-electron chi connectivity index (χ3n) is 5.24. The fraction of sp³-hybridized carbons (Fsp3) is 0.400. The summed E-state index contributed by atoms with van der Waals surface area (Å²) < 4.78 is 1.70. The van der Waals surface area contributed by atoms with E-state index >= 15 is 0 Å². The van der Waals surface area contributed by atoms with Gasteiger partial charge in [-0.2, -0.15) is 0 Å². The highest BCUT2D eigenvalue weighted by Crippen LogP contribution is 2.22. The molecule has 1 atom stereocenters. The third kappa shape index (κ3) is 4.52. The fourth-order valence-corrected chi connectivity index (χ4v) is 4.20. The molecule has 3 aromatic heterocycles. The molecular weight excluding hydrogens is 374 g/mol. The van der Waals surface area contributed by atoms with Crippen LogP contribution in [-0.4, -0.2) is 49.2 Å². The Kier molecular flexibility index (Phi) is 5.90. The lowest BCUT2D eigenvalue weighted by Gasteiger charge is -2.33. The van der Waals surface area contributed by atoms with Crippen LogP contribution in [0.3, 0.4) is 0 Å². The highest BCUT2D eigenvalue weighted by Gasteiger charge is 2.22. The van der Waals surface area contributed by atoms with Gasteiger partial charge in [0, 0.05) is 42.5 Å². The van der Waals surface area contributed by atoms with Crippen LogP contribution in [0.15, 0.2) is 52.6 Å². The molecule has 1 aliphatic rings. The Balaban J connectivity index is 1.32. The van der Waals surface area contributed by atoms with Crippen molar-refractivity contribution in [2.75, 3.05) is 19.6 Å². The van der Waals surface area contributed by atoms with Crippen LogP contribution < -0.4 is 5.56 Å². The van der Waals surface area contributed by atoms with Gasteiger partial charge in [-0.3, -0.25) is 14.3 Å². The van der Waals surface area contributed by atoms with Crippen molar-refractivity contribution in [3.63, 3.8) is 0 Å². The molecule has 3 aromatic rings. The Labute approximate surface area is 167 Å². The average molecular weight is 398 g/mol.